The summed E-state index contributed by atoms with van der Waals surface area (Å²) in [5.41, 5.74) is 1.53. The number of hydrogen-bond acceptors (Lipinski definition) is 5. The second kappa shape index (κ2) is 11.9. The lowest BCUT2D eigenvalue weighted by atomic mass is 10.1. The Labute approximate surface area is 185 Å². The highest BCUT2D eigenvalue weighted by Gasteiger charge is 2.20. The molecule has 9 heteroatoms. The molecule has 0 saturated heterocycles. The Morgan fingerprint density at radius 1 is 1.21 bits per heavy atom. The van der Waals surface area contributed by atoms with Gasteiger partial charge in [-0.1, -0.05) is 40.9 Å². The Balaban J connectivity index is 1.88. The van der Waals surface area contributed by atoms with Gasteiger partial charge in [-0.05, 0) is 43.6 Å². The molecule has 0 fully saturated rings. The molecule has 0 saturated carbocycles. The summed E-state index contributed by atoms with van der Waals surface area (Å²) in [6, 6.07) is 8.26. The van der Waals surface area contributed by atoms with Gasteiger partial charge in [-0.3, -0.25) is 9.59 Å². The maximum atomic E-state index is 12.6. The van der Waals surface area contributed by atoms with Crippen LogP contribution in [0.4, 0.5) is 5.82 Å². The molecule has 2 aromatic rings. The number of amides is 2. The van der Waals surface area contributed by atoms with E-state index < -0.39 is 6.04 Å². The van der Waals surface area contributed by atoms with Crippen molar-refractivity contribution in [2.45, 2.75) is 19.4 Å². The topological polar surface area (TPSA) is 83.1 Å². The van der Waals surface area contributed by atoms with Crippen LogP contribution in [0.25, 0.3) is 0 Å². The van der Waals surface area contributed by atoms with Gasteiger partial charge in [0, 0.05) is 24.8 Å². The second-order valence-corrected chi connectivity index (χ2v) is 8.21. The largest absolute Gasteiger partial charge is 0.367 e. The Morgan fingerprint density at radius 2 is 2.00 bits per heavy atom. The van der Waals surface area contributed by atoms with Crippen LogP contribution in [0.5, 0.6) is 0 Å². The quantitative estimate of drug-likeness (QED) is 0.475. The van der Waals surface area contributed by atoms with E-state index in [0.717, 1.165) is 11.3 Å². The zero-order chi connectivity index (χ0) is 21.2. The van der Waals surface area contributed by atoms with E-state index in [1.807, 2.05) is 25.3 Å². The third-order valence-corrected chi connectivity index (χ3v) is 5.18. The lowest BCUT2D eigenvalue weighted by Crippen LogP contribution is -2.48. The van der Waals surface area contributed by atoms with Crippen LogP contribution in [0.1, 0.15) is 22.3 Å². The van der Waals surface area contributed by atoms with E-state index >= 15 is 0 Å². The van der Waals surface area contributed by atoms with Gasteiger partial charge in [0.2, 0.25) is 5.91 Å². The van der Waals surface area contributed by atoms with Crippen LogP contribution < -0.4 is 16.0 Å². The molecule has 29 heavy (non-hydrogen) atoms. The molecule has 0 aliphatic rings. The number of carbonyl (C=O) groups excluding carboxylic acids is 2. The lowest BCUT2D eigenvalue weighted by Gasteiger charge is -2.18. The standard InChI is InChI=1S/C20H24Cl2N4O2S/c1-13-4-3-5-14(10-13)19(27)26-17(6-9-29-2)20(28)24-8-7-23-18-16(22)11-15(21)12-25-18/h3-5,10-12,17H,6-9H2,1-2H3,(H,23,25)(H,24,28)(H,26,27). The molecular weight excluding hydrogens is 431 g/mol. The molecule has 1 atom stereocenters. The minimum absolute atomic E-state index is 0.225. The van der Waals surface area contributed by atoms with Gasteiger partial charge in [-0.2, -0.15) is 11.8 Å². The van der Waals surface area contributed by atoms with Gasteiger partial charge in [0.25, 0.3) is 5.91 Å². The highest BCUT2D eigenvalue weighted by Crippen LogP contribution is 2.22. The molecule has 1 aromatic heterocycles. The average Bonchev–Trinajstić information content (AvgIpc) is 2.69. The Bertz CT molecular complexity index is 851. The number of nitrogens with zero attached hydrogens (tertiary/aromatic N) is 1. The van der Waals surface area contributed by atoms with Crippen LogP contribution in [-0.2, 0) is 4.79 Å². The number of aryl methyl sites for hydroxylation is 1. The maximum absolute atomic E-state index is 12.6. The fourth-order valence-electron chi connectivity index (χ4n) is 2.57. The molecule has 6 nitrogen and oxygen atoms in total. The van der Waals surface area contributed by atoms with Crippen molar-refractivity contribution in [3.63, 3.8) is 0 Å². The fraction of sp³-hybridized carbons (Fsp3) is 0.350. The van der Waals surface area contributed by atoms with Crippen molar-refractivity contribution in [2.24, 2.45) is 0 Å². The van der Waals surface area contributed by atoms with Gasteiger partial charge in [0.05, 0.1) is 10.0 Å². The third kappa shape index (κ3) is 7.76. The number of anilines is 1. The van der Waals surface area contributed by atoms with Crippen LogP contribution in [-0.4, -0.2) is 47.9 Å². The van der Waals surface area contributed by atoms with Crippen molar-refractivity contribution < 1.29 is 9.59 Å². The highest BCUT2D eigenvalue weighted by atomic mass is 35.5. The molecule has 156 valence electrons. The highest BCUT2D eigenvalue weighted by molar-refractivity contribution is 7.98. The first-order chi connectivity index (χ1) is 13.9. The van der Waals surface area contributed by atoms with Crippen molar-refractivity contribution in [3.05, 3.63) is 57.7 Å². The summed E-state index contributed by atoms with van der Waals surface area (Å²) in [7, 11) is 0. The molecule has 0 spiro atoms. The molecule has 0 bridgehead atoms. The third-order valence-electron chi connectivity index (χ3n) is 4.04. The van der Waals surface area contributed by atoms with E-state index in [1.165, 1.54) is 6.20 Å². The molecule has 3 N–H and O–H groups in total. The minimum atomic E-state index is -0.604. The SMILES string of the molecule is CSCCC(NC(=O)c1cccc(C)c1)C(=O)NCCNc1ncc(Cl)cc1Cl. The van der Waals surface area contributed by atoms with Gasteiger partial charge in [0.1, 0.15) is 11.9 Å². The zero-order valence-electron chi connectivity index (χ0n) is 16.3. The number of nitrogens with one attached hydrogen (secondary N) is 3. The summed E-state index contributed by atoms with van der Waals surface area (Å²) in [6.07, 6.45) is 4.00. The van der Waals surface area contributed by atoms with Crippen molar-refractivity contribution >= 4 is 52.6 Å². The van der Waals surface area contributed by atoms with Crippen LogP contribution in [0.2, 0.25) is 10.0 Å². The average molecular weight is 455 g/mol. The molecule has 2 amide bonds. The van der Waals surface area contributed by atoms with E-state index in [4.69, 9.17) is 23.2 Å². The summed E-state index contributed by atoms with van der Waals surface area (Å²) >= 11 is 13.5. The molecule has 0 radical (unpaired) electrons. The predicted octanol–water partition coefficient (Wildman–Crippen LogP) is 3.78. The van der Waals surface area contributed by atoms with Gasteiger partial charge < -0.3 is 16.0 Å². The first kappa shape index (κ1) is 23.3. The minimum Gasteiger partial charge on any atom is -0.367 e. The summed E-state index contributed by atoms with van der Waals surface area (Å²) < 4.78 is 0. The number of carbonyl (C=O) groups is 2. The number of halogens is 2. The molecule has 1 aromatic carbocycles. The number of thioether (sulfide) groups is 1. The molecule has 0 aliphatic heterocycles. The maximum Gasteiger partial charge on any atom is 0.251 e. The normalized spacial score (nSPS) is 11.6. The summed E-state index contributed by atoms with van der Waals surface area (Å²) in [5, 5.41) is 9.58. The predicted molar refractivity (Wildman–Crippen MR) is 121 cm³/mol. The van der Waals surface area contributed by atoms with Crippen LogP contribution in [0, 0.1) is 6.92 Å². The monoisotopic (exact) mass is 454 g/mol. The van der Waals surface area contributed by atoms with Gasteiger partial charge >= 0.3 is 0 Å². The second-order valence-electron chi connectivity index (χ2n) is 6.38. The van der Waals surface area contributed by atoms with Crippen molar-refractivity contribution in [3.8, 4) is 0 Å². The van der Waals surface area contributed by atoms with Crippen LogP contribution in [0.15, 0.2) is 36.5 Å². The lowest BCUT2D eigenvalue weighted by molar-refractivity contribution is -0.122. The first-order valence-electron chi connectivity index (χ1n) is 9.10. The van der Waals surface area contributed by atoms with E-state index in [0.29, 0.717) is 40.9 Å². The van der Waals surface area contributed by atoms with Crippen LogP contribution >= 0.6 is 35.0 Å². The number of rotatable bonds is 10. The van der Waals surface area contributed by atoms with Gasteiger partial charge in [0.15, 0.2) is 0 Å². The Morgan fingerprint density at radius 3 is 2.69 bits per heavy atom. The van der Waals surface area contributed by atoms with E-state index in [9.17, 15) is 9.59 Å². The van der Waals surface area contributed by atoms with Crippen molar-refractivity contribution in [1.82, 2.24) is 15.6 Å². The molecule has 2 rings (SSSR count). The summed E-state index contributed by atoms with van der Waals surface area (Å²) in [5.74, 6) is 0.772. The summed E-state index contributed by atoms with van der Waals surface area (Å²) in [4.78, 5) is 29.2. The van der Waals surface area contributed by atoms with Crippen molar-refractivity contribution in [1.29, 1.82) is 0 Å². The molecular formula is C20H24Cl2N4O2S. The van der Waals surface area contributed by atoms with Gasteiger partial charge in [-0.15, -0.1) is 0 Å². The Kier molecular flexibility index (Phi) is 9.57. The van der Waals surface area contributed by atoms with E-state index in [-0.39, 0.29) is 11.8 Å². The Hall–Kier alpha value is -1.96. The summed E-state index contributed by atoms with van der Waals surface area (Å²) in [6.45, 7) is 2.71. The number of pyridine rings is 1. The van der Waals surface area contributed by atoms with Gasteiger partial charge in [-0.25, -0.2) is 4.98 Å². The van der Waals surface area contributed by atoms with Crippen LogP contribution in [0.3, 0.4) is 0 Å². The molecule has 1 unspecified atom stereocenters. The smallest absolute Gasteiger partial charge is 0.251 e. The number of aromatic nitrogens is 1. The van der Waals surface area contributed by atoms with Crippen molar-refractivity contribution in [2.75, 3.05) is 30.4 Å². The zero-order valence-corrected chi connectivity index (χ0v) is 18.6. The van der Waals surface area contributed by atoms with E-state index in [2.05, 4.69) is 20.9 Å². The fourth-order valence-corrected chi connectivity index (χ4v) is 3.49. The first-order valence-corrected chi connectivity index (χ1v) is 11.2. The molecule has 0 aliphatic carbocycles. The number of benzene rings is 1. The van der Waals surface area contributed by atoms with E-state index in [1.54, 1.807) is 30.0 Å². The molecule has 1 heterocycles. The number of hydrogen-bond donors (Lipinski definition) is 3.